The minimum absolute atomic E-state index is 0.164. The molecule has 1 heterocycles. The average Bonchev–Trinajstić information content (AvgIpc) is 2.55. The SMILES string of the molecule is CCOc1ccc(C2=CCN(CC(O)COC(C)C)CC2)cc1. The van der Waals surface area contributed by atoms with Gasteiger partial charge in [-0.25, -0.2) is 0 Å². The minimum atomic E-state index is -0.419. The highest BCUT2D eigenvalue weighted by Gasteiger charge is 2.16. The summed E-state index contributed by atoms with van der Waals surface area (Å²) >= 11 is 0. The first-order valence-corrected chi connectivity index (χ1v) is 8.52. The second kappa shape index (κ2) is 9.06. The van der Waals surface area contributed by atoms with E-state index in [0.717, 1.165) is 25.3 Å². The van der Waals surface area contributed by atoms with Crippen LogP contribution in [0.15, 0.2) is 30.3 Å². The molecule has 0 saturated carbocycles. The molecule has 0 saturated heterocycles. The molecule has 1 N–H and O–H groups in total. The van der Waals surface area contributed by atoms with E-state index in [9.17, 15) is 5.11 Å². The van der Waals surface area contributed by atoms with Crippen LogP contribution in [0.25, 0.3) is 5.57 Å². The second-order valence-electron chi connectivity index (χ2n) is 6.23. The third kappa shape index (κ3) is 5.98. The van der Waals surface area contributed by atoms with Gasteiger partial charge in [0.1, 0.15) is 5.75 Å². The van der Waals surface area contributed by atoms with Gasteiger partial charge in [0.15, 0.2) is 0 Å². The van der Waals surface area contributed by atoms with Crippen molar-refractivity contribution in [1.29, 1.82) is 0 Å². The predicted octanol–water partition coefficient (Wildman–Crippen LogP) is 2.96. The molecule has 1 aromatic carbocycles. The van der Waals surface area contributed by atoms with Crippen LogP contribution in [0.5, 0.6) is 5.75 Å². The number of rotatable bonds is 8. The summed E-state index contributed by atoms with van der Waals surface area (Å²) < 4.78 is 10.9. The Labute approximate surface area is 139 Å². The van der Waals surface area contributed by atoms with Gasteiger partial charge in [-0.15, -0.1) is 0 Å². The van der Waals surface area contributed by atoms with E-state index < -0.39 is 6.10 Å². The Morgan fingerprint density at radius 3 is 2.52 bits per heavy atom. The van der Waals surface area contributed by atoms with Crippen LogP contribution in [0.2, 0.25) is 0 Å². The molecule has 0 radical (unpaired) electrons. The molecule has 1 atom stereocenters. The van der Waals surface area contributed by atoms with Crippen molar-refractivity contribution in [3.63, 3.8) is 0 Å². The van der Waals surface area contributed by atoms with Crippen molar-refractivity contribution in [2.75, 3.05) is 32.8 Å². The number of nitrogens with zero attached hydrogens (tertiary/aromatic N) is 1. The van der Waals surface area contributed by atoms with Crippen molar-refractivity contribution in [1.82, 2.24) is 4.90 Å². The Morgan fingerprint density at radius 2 is 1.96 bits per heavy atom. The molecule has 0 fully saturated rings. The van der Waals surface area contributed by atoms with Gasteiger partial charge in [0.25, 0.3) is 0 Å². The van der Waals surface area contributed by atoms with Crippen molar-refractivity contribution in [3.05, 3.63) is 35.9 Å². The molecule has 128 valence electrons. The Bertz CT molecular complexity index is 496. The van der Waals surface area contributed by atoms with Crippen molar-refractivity contribution in [2.24, 2.45) is 0 Å². The summed E-state index contributed by atoms with van der Waals surface area (Å²) in [5.41, 5.74) is 2.63. The zero-order valence-corrected chi connectivity index (χ0v) is 14.5. The van der Waals surface area contributed by atoms with Crippen molar-refractivity contribution in [2.45, 2.75) is 39.4 Å². The van der Waals surface area contributed by atoms with E-state index in [-0.39, 0.29) is 6.10 Å². The Balaban J connectivity index is 1.83. The lowest BCUT2D eigenvalue weighted by Gasteiger charge is -2.28. The number of hydrogen-bond acceptors (Lipinski definition) is 4. The van der Waals surface area contributed by atoms with Crippen LogP contribution in [-0.2, 0) is 4.74 Å². The number of hydrogen-bond donors (Lipinski definition) is 1. The van der Waals surface area contributed by atoms with Gasteiger partial charge in [0.05, 0.1) is 25.4 Å². The smallest absolute Gasteiger partial charge is 0.119 e. The first kappa shape index (κ1) is 18.0. The molecule has 1 aromatic rings. The van der Waals surface area contributed by atoms with Crippen LogP contribution in [0.1, 0.15) is 32.8 Å². The lowest BCUT2D eigenvalue weighted by Crippen LogP contribution is -2.37. The summed E-state index contributed by atoms with van der Waals surface area (Å²) in [5.74, 6) is 0.919. The third-order valence-electron chi connectivity index (χ3n) is 3.92. The predicted molar refractivity (Wildman–Crippen MR) is 93.7 cm³/mol. The third-order valence-corrected chi connectivity index (χ3v) is 3.92. The topological polar surface area (TPSA) is 41.9 Å². The normalized spacial score (nSPS) is 17.2. The Kier molecular flexibility index (Phi) is 7.09. The molecule has 0 aromatic heterocycles. The molecule has 2 rings (SSSR count). The molecule has 0 spiro atoms. The molecular weight excluding hydrogens is 290 g/mol. The van der Waals surface area contributed by atoms with Crippen LogP contribution < -0.4 is 4.74 Å². The summed E-state index contributed by atoms with van der Waals surface area (Å²) in [4.78, 5) is 2.27. The first-order chi connectivity index (χ1) is 11.1. The minimum Gasteiger partial charge on any atom is -0.494 e. The van der Waals surface area contributed by atoms with Gasteiger partial charge in [-0.2, -0.15) is 0 Å². The quantitative estimate of drug-likeness (QED) is 0.800. The second-order valence-corrected chi connectivity index (χ2v) is 6.23. The van der Waals surface area contributed by atoms with Gasteiger partial charge in [-0.3, -0.25) is 4.90 Å². The highest BCUT2D eigenvalue weighted by Crippen LogP contribution is 2.24. The lowest BCUT2D eigenvalue weighted by atomic mass is 9.99. The van der Waals surface area contributed by atoms with Gasteiger partial charge < -0.3 is 14.6 Å². The van der Waals surface area contributed by atoms with Crippen LogP contribution in [0.4, 0.5) is 0 Å². The van der Waals surface area contributed by atoms with Gasteiger partial charge >= 0.3 is 0 Å². The van der Waals surface area contributed by atoms with Crippen molar-refractivity contribution >= 4 is 5.57 Å². The fraction of sp³-hybridized carbons (Fsp3) is 0.579. The van der Waals surface area contributed by atoms with E-state index in [1.165, 1.54) is 11.1 Å². The van der Waals surface area contributed by atoms with Gasteiger partial charge in [-0.05, 0) is 50.5 Å². The molecule has 1 unspecified atom stereocenters. The Hall–Kier alpha value is -1.36. The van der Waals surface area contributed by atoms with Gasteiger partial charge in [-0.1, -0.05) is 18.2 Å². The summed E-state index contributed by atoms with van der Waals surface area (Å²) in [6.45, 7) is 9.58. The zero-order chi connectivity index (χ0) is 16.7. The summed E-state index contributed by atoms with van der Waals surface area (Å²) in [7, 11) is 0. The zero-order valence-electron chi connectivity index (χ0n) is 14.5. The molecule has 1 aliphatic rings. The molecule has 4 heteroatoms. The van der Waals surface area contributed by atoms with E-state index in [0.29, 0.717) is 19.8 Å². The fourth-order valence-corrected chi connectivity index (χ4v) is 2.73. The maximum Gasteiger partial charge on any atom is 0.119 e. The first-order valence-electron chi connectivity index (χ1n) is 8.52. The average molecular weight is 319 g/mol. The highest BCUT2D eigenvalue weighted by molar-refractivity contribution is 5.67. The Morgan fingerprint density at radius 1 is 1.22 bits per heavy atom. The summed E-state index contributed by atoms with van der Waals surface area (Å²) in [6.07, 6.45) is 3.01. The van der Waals surface area contributed by atoms with E-state index in [1.807, 2.05) is 32.9 Å². The van der Waals surface area contributed by atoms with Crippen LogP contribution in [0.3, 0.4) is 0 Å². The summed E-state index contributed by atoms with van der Waals surface area (Å²) in [5, 5.41) is 10.0. The molecule has 4 nitrogen and oxygen atoms in total. The standard InChI is InChI=1S/C19H29NO3/c1-4-22-19-7-5-16(6-8-19)17-9-11-20(12-10-17)13-18(21)14-23-15(2)3/h5-9,15,18,21H,4,10-14H2,1-3H3. The molecule has 0 bridgehead atoms. The van der Waals surface area contributed by atoms with E-state index in [1.54, 1.807) is 0 Å². The van der Waals surface area contributed by atoms with Crippen LogP contribution in [-0.4, -0.2) is 55.1 Å². The van der Waals surface area contributed by atoms with Gasteiger partial charge in [0.2, 0.25) is 0 Å². The highest BCUT2D eigenvalue weighted by atomic mass is 16.5. The molecular formula is C19H29NO3. The largest absolute Gasteiger partial charge is 0.494 e. The van der Waals surface area contributed by atoms with Crippen molar-refractivity contribution in [3.8, 4) is 5.75 Å². The maximum absolute atomic E-state index is 10.0. The van der Waals surface area contributed by atoms with Crippen LogP contribution in [0, 0.1) is 0 Å². The summed E-state index contributed by atoms with van der Waals surface area (Å²) in [6, 6.07) is 8.30. The number of β-amino-alcohol motifs (C(OH)–C–C–N with tert-alkyl or cyclic N) is 1. The number of aliphatic hydroxyl groups excluding tert-OH is 1. The molecule has 0 aliphatic carbocycles. The van der Waals surface area contributed by atoms with E-state index >= 15 is 0 Å². The number of aliphatic hydroxyl groups is 1. The van der Waals surface area contributed by atoms with Crippen LogP contribution >= 0.6 is 0 Å². The van der Waals surface area contributed by atoms with E-state index in [4.69, 9.17) is 9.47 Å². The molecule has 0 amide bonds. The van der Waals surface area contributed by atoms with Crippen molar-refractivity contribution < 1.29 is 14.6 Å². The maximum atomic E-state index is 10.0. The number of benzene rings is 1. The monoisotopic (exact) mass is 319 g/mol. The van der Waals surface area contributed by atoms with E-state index in [2.05, 4.69) is 23.1 Å². The number of ether oxygens (including phenoxy) is 2. The fourth-order valence-electron chi connectivity index (χ4n) is 2.73. The lowest BCUT2D eigenvalue weighted by molar-refractivity contribution is -0.00723. The van der Waals surface area contributed by atoms with Gasteiger partial charge in [0, 0.05) is 19.6 Å². The molecule has 1 aliphatic heterocycles. The molecule has 23 heavy (non-hydrogen) atoms.